The van der Waals surface area contributed by atoms with Crippen molar-refractivity contribution in [2.45, 2.75) is 13.5 Å². The predicted octanol–water partition coefficient (Wildman–Crippen LogP) is 3.33. The highest BCUT2D eigenvalue weighted by Crippen LogP contribution is 2.27. The molecular formula is C13H13F2NO. The van der Waals surface area contributed by atoms with Crippen molar-refractivity contribution in [3.05, 3.63) is 47.7 Å². The highest BCUT2D eigenvalue weighted by atomic mass is 19.1. The van der Waals surface area contributed by atoms with E-state index >= 15 is 0 Å². The van der Waals surface area contributed by atoms with Crippen LogP contribution in [0.3, 0.4) is 0 Å². The molecule has 2 nitrogen and oxygen atoms in total. The molecule has 1 N–H and O–H groups in total. The van der Waals surface area contributed by atoms with Gasteiger partial charge in [0, 0.05) is 0 Å². The van der Waals surface area contributed by atoms with Gasteiger partial charge in [-0.1, -0.05) is 13.0 Å². The van der Waals surface area contributed by atoms with E-state index < -0.39 is 11.6 Å². The molecule has 0 saturated carbocycles. The number of hydrogen-bond acceptors (Lipinski definition) is 2. The zero-order valence-electron chi connectivity index (χ0n) is 9.47. The molecule has 0 unspecified atom stereocenters. The summed E-state index contributed by atoms with van der Waals surface area (Å²) >= 11 is 0. The van der Waals surface area contributed by atoms with Crippen LogP contribution in [0.4, 0.5) is 8.78 Å². The first-order valence-electron chi connectivity index (χ1n) is 5.46. The summed E-state index contributed by atoms with van der Waals surface area (Å²) in [7, 11) is 0. The molecule has 0 fully saturated rings. The molecule has 1 aromatic heterocycles. The minimum atomic E-state index is -0.616. The normalized spacial score (nSPS) is 10.8. The maximum Gasteiger partial charge on any atom is 0.140 e. The predicted molar refractivity (Wildman–Crippen MR) is 61.4 cm³/mol. The van der Waals surface area contributed by atoms with Gasteiger partial charge in [0.05, 0.1) is 12.1 Å². The molecular weight excluding hydrogens is 224 g/mol. The highest BCUT2D eigenvalue weighted by molar-refractivity contribution is 5.59. The summed E-state index contributed by atoms with van der Waals surface area (Å²) in [5.74, 6) is -0.360. The molecule has 4 heteroatoms. The van der Waals surface area contributed by atoms with Gasteiger partial charge in [-0.3, -0.25) is 0 Å². The lowest BCUT2D eigenvalue weighted by atomic mass is 10.1. The second kappa shape index (κ2) is 5.10. The van der Waals surface area contributed by atoms with Crippen molar-refractivity contribution in [3.8, 4) is 11.3 Å². The topological polar surface area (TPSA) is 25.2 Å². The Kier molecular flexibility index (Phi) is 3.54. The summed E-state index contributed by atoms with van der Waals surface area (Å²) in [5, 5.41) is 3.08. The summed E-state index contributed by atoms with van der Waals surface area (Å²) in [6.45, 7) is 3.33. The molecule has 0 spiro atoms. The third kappa shape index (κ3) is 2.53. The maximum absolute atomic E-state index is 13.5. The van der Waals surface area contributed by atoms with Crippen LogP contribution >= 0.6 is 0 Å². The minimum Gasteiger partial charge on any atom is -0.460 e. The average Bonchev–Trinajstić information content (AvgIpc) is 2.75. The van der Waals surface area contributed by atoms with Gasteiger partial charge in [-0.2, -0.15) is 0 Å². The van der Waals surface area contributed by atoms with Crippen LogP contribution in [-0.2, 0) is 6.54 Å². The Morgan fingerprint density at radius 3 is 2.47 bits per heavy atom. The van der Waals surface area contributed by atoms with E-state index in [0.29, 0.717) is 12.3 Å². The van der Waals surface area contributed by atoms with Gasteiger partial charge in [0.25, 0.3) is 0 Å². The van der Waals surface area contributed by atoms with Crippen molar-refractivity contribution in [1.29, 1.82) is 0 Å². The monoisotopic (exact) mass is 237 g/mol. The first-order chi connectivity index (χ1) is 8.22. The van der Waals surface area contributed by atoms with Crippen LogP contribution in [0, 0.1) is 11.6 Å². The van der Waals surface area contributed by atoms with Crippen LogP contribution in [-0.4, -0.2) is 6.54 Å². The van der Waals surface area contributed by atoms with Crippen molar-refractivity contribution in [1.82, 2.24) is 5.32 Å². The zero-order valence-corrected chi connectivity index (χ0v) is 9.47. The van der Waals surface area contributed by atoms with Crippen molar-refractivity contribution in [3.63, 3.8) is 0 Å². The van der Waals surface area contributed by atoms with Crippen LogP contribution in [0.25, 0.3) is 11.3 Å². The maximum atomic E-state index is 13.5. The van der Waals surface area contributed by atoms with Gasteiger partial charge in [-0.15, -0.1) is 0 Å². The quantitative estimate of drug-likeness (QED) is 0.882. The van der Waals surface area contributed by atoms with E-state index in [-0.39, 0.29) is 11.3 Å². The Labute approximate surface area is 98.3 Å². The lowest BCUT2D eigenvalue weighted by molar-refractivity contribution is 0.489. The smallest absolute Gasteiger partial charge is 0.140 e. The molecule has 0 aliphatic carbocycles. The number of benzene rings is 1. The van der Waals surface area contributed by atoms with E-state index in [1.165, 1.54) is 18.2 Å². The summed E-state index contributed by atoms with van der Waals surface area (Å²) in [5.41, 5.74) is -0.116. The standard InChI is InChI=1S/C13H13F2NO/c1-2-16-8-9-6-7-12(17-9)13-10(14)4-3-5-11(13)15/h3-7,16H,2,8H2,1H3. The molecule has 0 atom stereocenters. The molecule has 17 heavy (non-hydrogen) atoms. The van der Waals surface area contributed by atoms with Gasteiger partial charge in [-0.05, 0) is 30.8 Å². The van der Waals surface area contributed by atoms with E-state index in [4.69, 9.17) is 4.42 Å². The van der Waals surface area contributed by atoms with Crippen molar-refractivity contribution in [2.75, 3.05) is 6.54 Å². The van der Waals surface area contributed by atoms with Gasteiger partial charge in [0.15, 0.2) is 0 Å². The minimum absolute atomic E-state index is 0.116. The summed E-state index contributed by atoms with van der Waals surface area (Å²) in [6, 6.07) is 7.05. The van der Waals surface area contributed by atoms with Gasteiger partial charge in [0.2, 0.25) is 0 Å². The van der Waals surface area contributed by atoms with Gasteiger partial charge < -0.3 is 9.73 Å². The lowest BCUT2D eigenvalue weighted by Gasteiger charge is -2.01. The molecule has 2 aromatic rings. The molecule has 0 bridgehead atoms. The Bertz CT molecular complexity index is 488. The fourth-order valence-corrected chi connectivity index (χ4v) is 1.59. The number of hydrogen-bond donors (Lipinski definition) is 1. The van der Waals surface area contributed by atoms with E-state index in [9.17, 15) is 8.78 Å². The fraction of sp³-hybridized carbons (Fsp3) is 0.231. The molecule has 0 radical (unpaired) electrons. The van der Waals surface area contributed by atoms with Gasteiger partial charge in [-0.25, -0.2) is 8.78 Å². The molecule has 0 aliphatic rings. The molecule has 0 saturated heterocycles. The van der Waals surface area contributed by atoms with Crippen LogP contribution in [0.2, 0.25) is 0 Å². The lowest BCUT2D eigenvalue weighted by Crippen LogP contribution is -2.10. The largest absolute Gasteiger partial charge is 0.460 e. The van der Waals surface area contributed by atoms with Gasteiger partial charge >= 0.3 is 0 Å². The van der Waals surface area contributed by atoms with Crippen LogP contribution in [0.5, 0.6) is 0 Å². The molecule has 90 valence electrons. The molecule has 1 heterocycles. The Morgan fingerprint density at radius 2 is 1.82 bits per heavy atom. The number of rotatable bonds is 4. The van der Waals surface area contributed by atoms with Crippen molar-refractivity contribution >= 4 is 0 Å². The number of furan rings is 1. The molecule has 0 amide bonds. The second-order valence-electron chi connectivity index (χ2n) is 3.64. The van der Waals surface area contributed by atoms with Crippen LogP contribution < -0.4 is 5.32 Å². The summed E-state index contributed by atoms with van der Waals surface area (Å²) in [6.07, 6.45) is 0. The first-order valence-corrected chi connectivity index (χ1v) is 5.46. The number of halogens is 2. The second-order valence-corrected chi connectivity index (χ2v) is 3.64. The summed E-state index contributed by atoms with van der Waals surface area (Å²) < 4.78 is 32.4. The van der Waals surface area contributed by atoms with E-state index in [1.807, 2.05) is 6.92 Å². The SMILES string of the molecule is CCNCc1ccc(-c2c(F)cccc2F)o1. The average molecular weight is 237 g/mol. The number of nitrogens with one attached hydrogen (secondary N) is 1. The van der Waals surface area contributed by atoms with Crippen LogP contribution in [0.1, 0.15) is 12.7 Å². The van der Waals surface area contributed by atoms with Crippen molar-refractivity contribution in [2.24, 2.45) is 0 Å². The third-order valence-electron chi connectivity index (χ3n) is 2.42. The Morgan fingerprint density at radius 1 is 1.12 bits per heavy atom. The Balaban J connectivity index is 2.30. The van der Waals surface area contributed by atoms with Crippen molar-refractivity contribution < 1.29 is 13.2 Å². The first kappa shape index (κ1) is 11.8. The molecule has 0 aliphatic heterocycles. The zero-order chi connectivity index (χ0) is 12.3. The van der Waals surface area contributed by atoms with Gasteiger partial charge in [0.1, 0.15) is 23.2 Å². The fourth-order valence-electron chi connectivity index (χ4n) is 1.59. The third-order valence-corrected chi connectivity index (χ3v) is 2.42. The highest BCUT2D eigenvalue weighted by Gasteiger charge is 2.14. The molecule has 2 rings (SSSR count). The van der Waals surface area contributed by atoms with Crippen LogP contribution in [0.15, 0.2) is 34.7 Å². The molecule has 1 aromatic carbocycles. The Hall–Kier alpha value is -1.68. The summed E-state index contributed by atoms with van der Waals surface area (Å²) in [4.78, 5) is 0. The van der Waals surface area contributed by atoms with E-state index in [1.54, 1.807) is 12.1 Å². The van der Waals surface area contributed by atoms with E-state index in [0.717, 1.165) is 6.54 Å². The van der Waals surface area contributed by atoms with E-state index in [2.05, 4.69) is 5.32 Å².